The van der Waals surface area contributed by atoms with Gasteiger partial charge in [0.25, 0.3) is 11.8 Å². The first-order chi connectivity index (χ1) is 14.5. The van der Waals surface area contributed by atoms with Gasteiger partial charge in [0.05, 0.1) is 11.3 Å². The molecule has 1 aliphatic heterocycles. The van der Waals surface area contributed by atoms with Gasteiger partial charge in [-0.3, -0.25) is 9.59 Å². The first-order valence-corrected chi connectivity index (χ1v) is 10.5. The third kappa shape index (κ3) is 3.84. The summed E-state index contributed by atoms with van der Waals surface area (Å²) in [6, 6.07) is 6.33. The molecule has 7 heteroatoms. The number of aromatic hydroxyl groups is 1. The predicted octanol–water partition coefficient (Wildman–Crippen LogP) is 3.64. The SMILES string of the molecule is Cc1c(C(=O)N2CCC(C)CC2)oc2c1/C(=N/NC(=O)c1ccccc1O)CCC2. The topological polar surface area (TPSA) is 95.1 Å². The first-order valence-electron chi connectivity index (χ1n) is 10.5. The number of likely N-dealkylation sites (tertiary alicyclic amines) is 1. The molecular weight excluding hydrogens is 382 g/mol. The van der Waals surface area contributed by atoms with Gasteiger partial charge in [0.15, 0.2) is 5.76 Å². The maximum Gasteiger partial charge on any atom is 0.289 e. The van der Waals surface area contributed by atoms with E-state index in [1.165, 1.54) is 12.1 Å². The Hall–Kier alpha value is -3.09. The Morgan fingerprint density at radius 1 is 1.20 bits per heavy atom. The van der Waals surface area contributed by atoms with E-state index >= 15 is 0 Å². The molecule has 1 aromatic heterocycles. The third-order valence-electron chi connectivity index (χ3n) is 6.03. The Bertz CT molecular complexity index is 1000. The van der Waals surface area contributed by atoms with E-state index in [2.05, 4.69) is 17.5 Å². The summed E-state index contributed by atoms with van der Waals surface area (Å²) in [7, 11) is 0. The second kappa shape index (κ2) is 8.34. The van der Waals surface area contributed by atoms with Gasteiger partial charge in [-0.15, -0.1) is 0 Å². The molecule has 1 saturated heterocycles. The molecule has 0 unspecified atom stereocenters. The maximum atomic E-state index is 13.0. The Kier molecular flexibility index (Phi) is 5.61. The van der Waals surface area contributed by atoms with E-state index in [-0.39, 0.29) is 17.2 Å². The summed E-state index contributed by atoms with van der Waals surface area (Å²) in [6.45, 7) is 5.60. The van der Waals surface area contributed by atoms with Crippen molar-refractivity contribution in [1.29, 1.82) is 0 Å². The van der Waals surface area contributed by atoms with Crippen molar-refractivity contribution in [3.63, 3.8) is 0 Å². The number of nitrogens with one attached hydrogen (secondary N) is 1. The number of aryl methyl sites for hydroxylation is 1. The second-order valence-corrected chi connectivity index (χ2v) is 8.20. The zero-order valence-electron chi connectivity index (χ0n) is 17.4. The summed E-state index contributed by atoms with van der Waals surface area (Å²) in [5, 5.41) is 14.2. The van der Waals surface area contributed by atoms with Gasteiger partial charge >= 0.3 is 0 Å². The predicted molar refractivity (Wildman–Crippen MR) is 113 cm³/mol. The molecule has 0 spiro atoms. The smallest absolute Gasteiger partial charge is 0.289 e. The van der Waals surface area contributed by atoms with E-state index in [1.807, 2.05) is 11.8 Å². The number of hydrazone groups is 1. The molecule has 1 fully saturated rings. The van der Waals surface area contributed by atoms with Crippen LogP contribution in [-0.4, -0.2) is 40.6 Å². The third-order valence-corrected chi connectivity index (χ3v) is 6.03. The molecule has 7 nitrogen and oxygen atoms in total. The number of furan rings is 1. The lowest BCUT2D eigenvalue weighted by Crippen LogP contribution is -2.38. The molecule has 30 heavy (non-hydrogen) atoms. The zero-order valence-corrected chi connectivity index (χ0v) is 17.4. The van der Waals surface area contributed by atoms with Crippen molar-refractivity contribution in [2.45, 2.75) is 46.0 Å². The molecule has 4 rings (SSSR count). The van der Waals surface area contributed by atoms with E-state index in [0.717, 1.165) is 55.7 Å². The van der Waals surface area contributed by atoms with Crippen LogP contribution in [0.15, 0.2) is 33.8 Å². The number of benzene rings is 1. The Balaban J connectivity index is 1.57. The van der Waals surface area contributed by atoms with Crippen LogP contribution in [0, 0.1) is 12.8 Å². The average Bonchev–Trinajstić information content (AvgIpc) is 3.09. The normalized spacial score (nSPS) is 18.3. The summed E-state index contributed by atoms with van der Waals surface area (Å²) in [4.78, 5) is 27.3. The van der Waals surface area contributed by atoms with Gasteiger partial charge in [-0.25, -0.2) is 5.43 Å². The van der Waals surface area contributed by atoms with Gasteiger partial charge in [-0.2, -0.15) is 5.10 Å². The lowest BCUT2D eigenvalue weighted by molar-refractivity contribution is 0.0662. The van der Waals surface area contributed by atoms with E-state index < -0.39 is 5.91 Å². The van der Waals surface area contributed by atoms with Crippen molar-refractivity contribution < 1.29 is 19.1 Å². The fourth-order valence-electron chi connectivity index (χ4n) is 4.18. The van der Waals surface area contributed by atoms with Crippen molar-refractivity contribution in [3.05, 3.63) is 52.5 Å². The first kappa shape index (κ1) is 20.2. The summed E-state index contributed by atoms with van der Waals surface area (Å²) < 4.78 is 5.99. The molecular formula is C23H27N3O4. The van der Waals surface area contributed by atoms with Crippen molar-refractivity contribution in [3.8, 4) is 5.75 Å². The molecule has 2 heterocycles. The molecule has 0 atom stereocenters. The molecule has 2 aliphatic rings. The van der Waals surface area contributed by atoms with Crippen LogP contribution in [0.5, 0.6) is 5.75 Å². The van der Waals surface area contributed by atoms with E-state index in [4.69, 9.17) is 4.42 Å². The fraction of sp³-hybridized carbons (Fsp3) is 0.435. The average molecular weight is 409 g/mol. The maximum absolute atomic E-state index is 13.0. The summed E-state index contributed by atoms with van der Waals surface area (Å²) >= 11 is 0. The zero-order chi connectivity index (χ0) is 21.3. The van der Waals surface area contributed by atoms with Crippen LogP contribution in [0.4, 0.5) is 0 Å². The van der Waals surface area contributed by atoms with Crippen LogP contribution in [-0.2, 0) is 6.42 Å². The van der Waals surface area contributed by atoms with Crippen LogP contribution >= 0.6 is 0 Å². The number of hydrogen-bond donors (Lipinski definition) is 2. The number of phenolic OH excluding ortho intramolecular Hbond substituents is 1. The minimum atomic E-state index is -0.479. The van der Waals surface area contributed by atoms with Gasteiger partial charge in [-0.1, -0.05) is 19.1 Å². The molecule has 1 aliphatic carbocycles. The monoisotopic (exact) mass is 409 g/mol. The van der Waals surface area contributed by atoms with Gasteiger partial charge < -0.3 is 14.4 Å². The molecule has 0 radical (unpaired) electrons. The lowest BCUT2D eigenvalue weighted by Gasteiger charge is -2.29. The summed E-state index contributed by atoms with van der Waals surface area (Å²) in [6.07, 6.45) is 4.28. The molecule has 2 N–H and O–H groups in total. The highest BCUT2D eigenvalue weighted by Crippen LogP contribution is 2.31. The Morgan fingerprint density at radius 3 is 2.67 bits per heavy atom. The highest BCUT2D eigenvalue weighted by molar-refractivity contribution is 6.07. The molecule has 2 amide bonds. The Morgan fingerprint density at radius 2 is 1.93 bits per heavy atom. The van der Waals surface area contributed by atoms with Crippen LogP contribution in [0.2, 0.25) is 0 Å². The number of fused-ring (bicyclic) bond motifs is 1. The van der Waals surface area contributed by atoms with Gasteiger partial charge in [-0.05, 0) is 50.7 Å². The van der Waals surface area contributed by atoms with E-state index in [1.54, 1.807) is 12.1 Å². The van der Waals surface area contributed by atoms with Crippen molar-refractivity contribution in [2.75, 3.05) is 13.1 Å². The molecule has 2 aromatic rings. The van der Waals surface area contributed by atoms with Crippen molar-refractivity contribution in [2.24, 2.45) is 11.0 Å². The number of carbonyl (C=O) groups is 2. The van der Waals surface area contributed by atoms with Crippen LogP contribution < -0.4 is 5.43 Å². The highest BCUT2D eigenvalue weighted by Gasteiger charge is 2.31. The minimum Gasteiger partial charge on any atom is -0.507 e. The number of phenols is 1. The van der Waals surface area contributed by atoms with E-state index in [9.17, 15) is 14.7 Å². The fourth-order valence-corrected chi connectivity index (χ4v) is 4.18. The quantitative estimate of drug-likeness (QED) is 0.757. The molecule has 0 bridgehead atoms. The highest BCUT2D eigenvalue weighted by atomic mass is 16.4. The van der Waals surface area contributed by atoms with Crippen molar-refractivity contribution in [1.82, 2.24) is 10.3 Å². The summed E-state index contributed by atoms with van der Waals surface area (Å²) in [5.74, 6) is 1.15. The number of nitrogens with zero attached hydrogens (tertiary/aromatic N) is 2. The van der Waals surface area contributed by atoms with E-state index in [0.29, 0.717) is 23.8 Å². The van der Waals surface area contributed by atoms with Crippen LogP contribution in [0.1, 0.15) is 70.4 Å². The van der Waals surface area contributed by atoms with Crippen LogP contribution in [0.25, 0.3) is 0 Å². The summed E-state index contributed by atoms with van der Waals surface area (Å²) in [5.41, 5.74) is 5.01. The molecule has 158 valence electrons. The number of carbonyl (C=O) groups excluding carboxylic acids is 2. The van der Waals surface area contributed by atoms with Gasteiger partial charge in [0.2, 0.25) is 0 Å². The molecule has 0 saturated carbocycles. The Labute approximate surface area is 175 Å². The van der Waals surface area contributed by atoms with Gasteiger partial charge in [0, 0.05) is 30.6 Å². The minimum absolute atomic E-state index is 0.0635. The number of hydrogen-bond acceptors (Lipinski definition) is 5. The number of para-hydroxylation sites is 1. The number of amides is 2. The molecule has 1 aromatic carbocycles. The van der Waals surface area contributed by atoms with Crippen molar-refractivity contribution >= 4 is 17.5 Å². The van der Waals surface area contributed by atoms with Crippen LogP contribution in [0.3, 0.4) is 0 Å². The number of rotatable bonds is 3. The second-order valence-electron chi connectivity index (χ2n) is 8.20. The standard InChI is InChI=1S/C23H27N3O4/c1-14-10-12-26(13-11-14)23(29)21-15(2)20-17(7-5-9-19(20)30-21)24-25-22(28)16-6-3-4-8-18(16)27/h3-4,6,8,14,27H,5,7,9-13H2,1-2H3,(H,25,28)/b24-17+. The van der Waals surface area contributed by atoms with Gasteiger partial charge in [0.1, 0.15) is 11.5 Å². The largest absolute Gasteiger partial charge is 0.507 e. The lowest BCUT2D eigenvalue weighted by atomic mass is 9.93. The number of piperidine rings is 1.